The van der Waals surface area contributed by atoms with Crippen LogP contribution in [0.2, 0.25) is 0 Å². The van der Waals surface area contributed by atoms with Gasteiger partial charge in [0.2, 0.25) is 0 Å². The van der Waals surface area contributed by atoms with E-state index in [1.807, 2.05) is 30.1 Å². The van der Waals surface area contributed by atoms with Crippen molar-refractivity contribution in [3.63, 3.8) is 0 Å². The fourth-order valence-corrected chi connectivity index (χ4v) is 2.38. The fraction of sp³-hybridized carbons (Fsp3) is 0.429. The molecule has 1 aliphatic heterocycles. The summed E-state index contributed by atoms with van der Waals surface area (Å²) in [6.07, 6.45) is 6.54. The van der Waals surface area contributed by atoms with E-state index in [9.17, 15) is 0 Å². The lowest BCUT2D eigenvalue weighted by atomic mass is 10.3. The number of hydrogen-bond acceptors (Lipinski definition) is 3. The summed E-state index contributed by atoms with van der Waals surface area (Å²) in [6.45, 7) is 5.09. The fourth-order valence-electron chi connectivity index (χ4n) is 2.38. The molecule has 0 radical (unpaired) electrons. The van der Waals surface area contributed by atoms with Crippen LogP contribution < -0.4 is 4.90 Å². The summed E-state index contributed by atoms with van der Waals surface area (Å²) in [5.41, 5.74) is 2.25. The number of hydrogen-bond donors (Lipinski definition) is 0. The Hall–Kier alpha value is -1.84. The zero-order valence-corrected chi connectivity index (χ0v) is 10.7. The third-order valence-electron chi connectivity index (χ3n) is 3.36. The average molecular weight is 242 g/mol. The van der Waals surface area contributed by atoms with Crippen molar-refractivity contribution < 1.29 is 0 Å². The normalized spacial score (nSPS) is 15.3. The second-order valence-electron chi connectivity index (χ2n) is 4.87. The molecule has 94 valence electrons. The van der Waals surface area contributed by atoms with Crippen LogP contribution in [0.5, 0.6) is 0 Å². The van der Waals surface area contributed by atoms with Crippen LogP contribution in [0, 0.1) is 6.92 Å². The molecule has 0 unspecified atom stereocenters. The summed E-state index contributed by atoms with van der Waals surface area (Å²) < 4.78 is 1.95. The molecule has 3 heterocycles. The van der Waals surface area contributed by atoms with Gasteiger partial charge in [0.1, 0.15) is 5.82 Å². The first-order valence-corrected chi connectivity index (χ1v) is 6.51. The maximum atomic E-state index is 4.55. The van der Waals surface area contributed by atoms with Crippen LogP contribution in [0.4, 0.5) is 5.82 Å². The first-order valence-electron chi connectivity index (χ1n) is 6.51. The lowest BCUT2D eigenvalue weighted by Crippen LogP contribution is -2.18. The van der Waals surface area contributed by atoms with Crippen molar-refractivity contribution in [1.29, 1.82) is 0 Å². The van der Waals surface area contributed by atoms with Crippen LogP contribution in [0.25, 0.3) is 0 Å². The van der Waals surface area contributed by atoms with Crippen molar-refractivity contribution in [2.24, 2.45) is 0 Å². The van der Waals surface area contributed by atoms with Crippen LogP contribution in [0.3, 0.4) is 0 Å². The van der Waals surface area contributed by atoms with E-state index >= 15 is 0 Å². The van der Waals surface area contributed by atoms with E-state index in [0.717, 1.165) is 31.1 Å². The summed E-state index contributed by atoms with van der Waals surface area (Å²) in [7, 11) is 0. The molecule has 18 heavy (non-hydrogen) atoms. The van der Waals surface area contributed by atoms with Crippen molar-refractivity contribution in [2.75, 3.05) is 18.0 Å². The average Bonchev–Trinajstić information content (AvgIpc) is 3.02. The van der Waals surface area contributed by atoms with Gasteiger partial charge in [0.05, 0.1) is 12.2 Å². The third-order valence-corrected chi connectivity index (χ3v) is 3.36. The van der Waals surface area contributed by atoms with Gasteiger partial charge in [-0.15, -0.1) is 0 Å². The predicted molar refractivity (Wildman–Crippen MR) is 71.8 cm³/mol. The maximum absolute atomic E-state index is 4.55. The van der Waals surface area contributed by atoms with Crippen LogP contribution in [0.1, 0.15) is 24.1 Å². The highest BCUT2D eigenvalue weighted by Crippen LogP contribution is 2.17. The Kier molecular flexibility index (Phi) is 3.00. The highest BCUT2D eigenvalue weighted by atomic mass is 15.3. The van der Waals surface area contributed by atoms with E-state index in [-0.39, 0.29) is 0 Å². The summed E-state index contributed by atoms with van der Waals surface area (Å²) >= 11 is 0. The van der Waals surface area contributed by atoms with Gasteiger partial charge in [0.15, 0.2) is 0 Å². The van der Waals surface area contributed by atoms with E-state index in [4.69, 9.17) is 0 Å². The topological polar surface area (TPSA) is 34.0 Å². The Morgan fingerprint density at radius 1 is 1.17 bits per heavy atom. The van der Waals surface area contributed by atoms with Gasteiger partial charge in [-0.2, -0.15) is 5.10 Å². The quantitative estimate of drug-likeness (QED) is 0.827. The number of aromatic nitrogens is 3. The molecule has 0 spiro atoms. The summed E-state index contributed by atoms with van der Waals surface area (Å²) in [5.74, 6) is 1.10. The molecule has 0 bridgehead atoms. The maximum Gasteiger partial charge on any atom is 0.128 e. The van der Waals surface area contributed by atoms with Gasteiger partial charge in [-0.25, -0.2) is 4.98 Å². The molecule has 3 rings (SSSR count). The SMILES string of the molecule is Cc1ccn(Cc2ccc(N3CCCC3)nc2)n1. The van der Waals surface area contributed by atoms with Gasteiger partial charge in [0, 0.05) is 25.5 Å². The highest BCUT2D eigenvalue weighted by Gasteiger charge is 2.12. The Balaban J connectivity index is 1.70. The molecular formula is C14H18N4. The molecule has 1 fully saturated rings. The van der Waals surface area contributed by atoms with Crippen LogP contribution in [0.15, 0.2) is 30.6 Å². The van der Waals surface area contributed by atoms with Crippen molar-refractivity contribution in [2.45, 2.75) is 26.3 Å². The molecule has 0 amide bonds. The predicted octanol–water partition coefficient (Wildman–Crippen LogP) is 2.24. The van der Waals surface area contributed by atoms with E-state index < -0.39 is 0 Å². The first-order chi connectivity index (χ1) is 8.81. The van der Waals surface area contributed by atoms with Gasteiger partial charge in [-0.3, -0.25) is 4.68 Å². The van der Waals surface area contributed by atoms with Gasteiger partial charge in [-0.05, 0) is 37.5 Å². The number of anilines is 1. The van der Waals surface area contributed by atoms with Crippen molar-refractivity contribution >= 4 is 5.82 Å². The van der Waals surface area contributed by atoms with E-state index in [1.54, 1.807) is 0 Å². The van der Waals surface area contributed by atoms with Crippen LogP contribution in [-0.4, -0.2) is 27.9 Å². The van der Waals surface area contributed by atoms with Crippen LogP contribution in [-0.2, 0) is 6.54 Å². The minimum atomic E-state index is 0.793. The molecule has 2 aromatic heterocycles. The van der Waals surface area contributed by atoms with Gasteiger partial charge in [0.25, 0.3) is 0 Å². The molecule has 2 aromatic rings. The molecule has 0 saturated carbocycles. The number of pyridine rings is 1. The number of nitrogens with zero attached hydrogens (tertiary/aromatic N) is 4. The lowest BCUT2D eigenvalue weighted by molar-refractivity contribution is 0.677. The Morgan fingerprint density at radius 3 is 2.61 bits per heavy atom. The largest absolute Gasteiger partial charge is 0.357 e. The highest BCUT2D eigenvalue weighted by molar-refractivity contribution is 5.40. The van der Waals surface area contributed by atoms with E-state index in [1.165, 1.54) is 18.4 Å². The molecular weight excluding hydrogens is 224 g/mol. The Labute approximate surface area is 107 Å². The molecule has 0 atom stereocenters. The van der Waals surface area contributed by atoms with Crippen molar-refractivity contribution in [1.82, 2.24) is 14.8 Å². The summed E-state index contributed by atoms with van der Waals surface area (Å²) in [6, 6.07) is 6.29. The molecule has 1 aliphatic rings. The first kappa shape index (κ1) is 11.3. The molecule has 0 aromatic carbocycles. The standard InChI is InChI=1S/C14H18N4/c1-12-6-9-18(16-12)11-13-4-5-14(15-10-13)17-7-2-3-8-17/h4-6,9-10H,2-3,7-8,11H2,1H3. The van der Waals surface area contributed by atoms with Gasteiger partial charge in [-0.1, -0.05) is 6.07 Å². The van der Waals surface area contributed by atoms with Crippen molar-refractivity contribution in [3.8, 4) is 0 Å². The zero-order valence-electron chi connectivity index (χ0n) is 10.7. The summed E-state index contributed by atoms with van der Waals surface area (Å²) in [4.78, 5) is 6.90. The second kappa shape index (κ2) is 4.80. The monoisotopic (exact) mass is 242 g/mol. The Bertz CT molecular complexity index is 509. The second-order valence-corrected chi connectivity index (χ2v) is 4.87. The minimum Gasteiger partial charge on any atom is -0.357 e. The molecule has 4 nitrogen and oxygen atoms in total. The number of aryl methyl sites for hydroxylation is 1. The zero-order chi connectivity index (χ0) is 12.4. The van der Waals surface area contributed by atoms with Crippen LogP contribution >= 0.6 is 0 Å². The lowest BCUT2D eigenvalue weighted by Gasteiger charge is -2.16. The molecule has 1 saturated heterocycles. The summed E-state index contributed by atoms with van der Waals surface area (Å²) in [5, 5.41) is 4.38. The van der Waals surface area contributed by atoms with Gasteiger partial charge >= 0.3 is 0 Å². The molecule has 0 aliphatic carbocycles. The van der Waals surface area contributed by atoms with Gasteiger partial charge < -0.3 is 4.90 Å². The van der Waals surface area contributed by atoms with E-state index in [0.29, 0.717) is 0 Å². The van der Waals surface area contributed by atoms with Crippen molar-refractivity contribution in [3.05, 3.63) is 41.9 Å². The van der Waals surface area contributed by atoms with E-state index in [2.05, 4.69) is 27.1 Å². The smallest absolute Gasteiger partial charge is 0.128 e. The molecule has 0 N–H and O–H groups in total. The Morgan fingerprint density at radius 2 is 2.00 bits per heavy atom. The number of rotatable bonds is 3. The third kappa shape index (κ3) is 2.37. The molecule has 4 heteroatoms. The minimum absolute atomic E-state index is 0.793.